The van der Waals surface area contributed by atoms with Crippen molar-refractivity contribution in [2.24, 2.45) is 5.92 Å². The molecule has 6 nitrogen and oxygen atoms in total. The number of aromatic nitrogens is 1. The van der Waals surface area contributed by atoms with Crippen LogP contribution in [0.5, 0.6) is 0 Å². The summed E-state index contributed by atoms with van der Waals surface area (Å²) in [6.07, 6.45) is 5.36. The molecule has 1 aliphatic rings. The Morgan fingerprint density at radius 3 is 2.58 bits per heavy atom. The summed E-state index contributed by atoms with van der Waals surface area (Å²) in [5.74, 6) is 0.0903. The summed E-state index contributed by atoms with van der Waals surface area (Å²) < 4.78 is 7.49. The SMILES string of the molecule is Cc1ccc(C(=O)N(CC(=O)N2CCn3cccc3C2c2ccoc2)CC(C)C)cc1. The number of carbonyl (C=O) groups is 2. The molecular weight excluding hydrogens is 390 g/mol. The minimum Gasteiger partial charge on any atom is -0.472 e. The maximum atomic E-state index is 13.5. The minimum absolute atomic E-state index is 0.0555. The fourth-order valence-electron chi connectivity index (χ4n) is 4.23. The number of amides is 2. The molecule has 162 valence electrons. The first-order valence-electron chi connectivity index (χ1n) is 10.8. The van der Waals surface area contributed by atoms with Crippen LogP contribution in [-0.4, -0.2) is 45.8 Å². The lowest BCUT2D eigenvalue weighted by molar-refractivity contribution is -0.134. The largest absolute Gasteiger partial charge is 0.472 e. The Morgan fingerprint density at radius 2 is 1.90 bits per heavy atom. The van der Waals surface area contributed by atoms with Gasteiger partial charge in [0.05, 0.1) is 12.5 Å². The van der Waals surface area contributed by atoms with Crippen LogP contribution in [0.2, 0.25) is 0 Å². The van der Waals surface area contributed by atoms with Gasteiger partial charge in [-0.15, -0.1) is 0 Å². The molecule has 0 radical (unpaired) electrons. The maximum absolute atomic E-state index is 13.5. The van der Waals surface area contributed by atoms with Gasteiger partial charge in [-0.2, -0.15) is 0 Å². The highest BCUT2D eigenvalue weighted by molar-refractivity contribution is 5.96. The zero-order valence-electron chi connectivity index (χ0n) is 18.3. The van der Waals surface area contributed by atoms with Gasteiger partial charge in [0.2, 0.25) is 5.91 Å². The summed E-state index contributed by atoms with van der Waals surface area (Å²) in [4.78, 5) is 30.3. The standard InChI is InChI=1S/C25H29N3O3/c1-18(2)15-27(25(30)20-8-6-19(3)7-9-20)16-23(29)28-13-12-26-11-4-5-22(26)24(28)21-10-14-31-17-21/h4-11,14,17-18,24H,12-13,15-16H2,1-3H3. The van der Waals surface area contributed by atoms with Crippen LogP contribution in [-0.2, 0) is 11.3 Å². The number of fused-ring (bicyclic) bond motifs is 1. The Labute approximate surface area is 183 Å². The van der Waals surface area contributed by atoms with Crippen molar-refractivity contribution in [1.29, 1.82) is 0 Å². The average Bonchev–Trinajstić information content (AvgIpc) is 3.44. The van der Waals surface area contributed by atoms with Crippen molar-refractivity contribution in [3.05, 3.63) is 83.6 Å². The second kappa shape index (κ2) is 8.84. The molecule has 0 saturated heterocycles. The first-order valence-corrected chi connectivity index (χ1v) is 10.8. The first kappa shape index (κ1) is 21.0. The van der Waals surface area contributed by atoms with E-state index in [9.17, 15) is 9.59 Å². The molecule has 0 N–H and O–H groups in total. The number of hydrogen-bond donors (Lipinski definition) is 0. The van der Waals surface area contributed by atoms with Gasteiger partial charge in [-0.05, 0) is 43.2 Å². The smallest absolute Gasteiger partial charge is 0.254 e. The number of furan rings is 1. The number of carbonyl (C=O) groups excluding carboxylic acids is 2. The molecule has 0 bridgehead atoms. The van der Waals surface area contributed by atoms with Gasteiger partial charge < -0.3 is 18.8 Å². The van der Waals surface area contributed by atoms with Crippen molar-refractivity contribution in [2.75, 3.05) is 19.6 Å². The van der Waals surface area contributed by atoms with Crippen LogP contribution in [0.1, 0.15) is 47.1 Å². The van der Waals surface area contributed by atoms with Crippen molar-refractivity contribution < 1.29 is 14.0 Å². The van der Waals surface area contributed by atoms with E-state index in [4.69, 9.17) is 4.42 Å². The fourth-order valence-corrected chi connectivity index (χ4v) is 4.23. The summed E-state index contributed by atoms with van der Waals surface area (Å²) in [6.45, 7) is 8.01. The van der Waals surface area contributed by atoms with Gasteiger partial charge in [0, 0.05) is 42.7 Å². The molecule has 0 saturated carbocycles. The molecule has 2 aromatic heterocycles. The molecule has 4 rings (SSSR count). The van der Waals surface area contributed by atoms with Gasteiger partial charge in [0.25, 0.3) is 5.91 Å². The van der Waals surface area contributed by atoms with Gasteiger partial charge in [-0.25, -0.2) is 0 Å². The van der Waals surface area contributed by atoms with E-state index in [2.05, 4.69) is 18.4 Å². The molecule has 0 aliphatic carbocycles. The molecule has 2 amide bonds. The van der Waals surface area contributed by atoms with E-state index < -0.39 is 0 Å². The van der Waals surface area contributed by atoms with E-state index in [1.807, 2.05) is 60.5 Å². The van der Waals surface area contributed by atoms with Crippen LogP contribution in [0, 0.1) is 12.8 Å². The number of aryl methyl sites for hydroxylation is 1. The highest BCUT2D eigenvalue weighted by Gasteiger charge is 2.34. The van der Waals surface area contributed by atoms with Crippen LogP contribution in [0.25, 0.3) is 0 Å². The monoisotopic (exact) mass is 419 g/mol. The topological polar surface area (TPSA) is 58.7 Å². The Hall–Kier alpha value is -3.28. The van der Waals surface area contributed by atoms with E-state index in [0.29, 0.717) is 18.7 Å². The normalized spacial score (nSPS) is 15.7. The summed E-state index contributed by atoms with van der Waals surface area (Å²) in [7, 11) is 0. The van der Waals surface area contributed by atoms with Crippen LogP contribution in [0.15, 0.2) is 65.6 Å². The van der Waals surface area contributed by atoms with Crippen molar-refractivity contribution in [3.8, 4) is 0 Å². The molecule has 3 heterocycles. The zero-order valence-corrected chi connectivity index (χ0v) is 18.3. The number of rotatable bonds is 6. The summed E-state index contributed by atoms with van der Waals surface area (Å²) >= 11 is 0. The predicted octanol–water partition coefficient (Wildman–Crippen LogP) is 4.12. The quantitative estimate of drug-likeness (QED) is 0.604. The molecule has 31 heavy (non-hydrogen) atoms. The number of hydrogen-bond acceptors (Lipinski definition) is 3. The summed E-state index contributed by atoms with van der Waals surface area (Å²) in [5, 5.41) is 0. The first-order chi connectivity index (χ1) is 14.9. The molecule has 1 aromatic carbocycles. The third kappa shape index (κ3) is 4.43. The second-order valence-corrected chi connectivity index (χ2v) is 8.62. The Morgan fingerprint density at radius 1 is 1.13 bits per heavy atom. The Balaban J connectivity index is 1.59. The summed E-state index contributed by atoms with van der Waals surface area (Å²) in [5.41, 5.74) is 3.70. The molecule has 0 fully saturated rings. The van der Waals surface area contributed by atoms with Crippen molar-refractivity contribution in [1.82, 2.24) is 14.4 Å². The van der Waals surface area contributed by atoms with Gasteiger partial charge in [-0.3, -0.25) is 9.59 Å². The zero-order chi connectivity index (χ0) is 22.0. The molecule has 3 aromatic rings. The lowest BCUT2D eigenvalue weighted by Gasteiger charge is -2.38. The fraction of sp³-hybridized carbons (Fsp3) is 0.360. The van der Waals surface area contributed by atoms with Gasteiger partial charge in [-0.1, -0.05) is 31.5 Å². The van der Waals surface area contributed by atoms with Crippen LogP contribution < -0.4 is 0 Å². The highest BCUT2D eigenvalue weighted by atomic mass is 16.3. The van der Waals surface area contributed by atoms with E-state index in [-0.39, 0.29) is 30.3 Å². The second-order valence-electron chi connectivity index (χ2n) is 8.62. The number of nitrogens with zero attached hydrogens (tertiary/aromatic N) is 3. The van der Waals surface area contributed by atoms with Crippen molar-refractivity contribution in [2.45, 2.75) is 33.4 Å². The molecule has 1 unspecified atom stereocenters. The van der Waals surface area contributed by atoms with E-state index in [1.54, 1.807) is 17.4 Å². The minimum atomic E-state index is -0.217. The molecular formula is C25H29N3O3. The Kier molecular flexibility index (Phi) is 5.98. The predicted molar refractivity (Wildman–Crippen MR) is 119 cm³/mol. The van der Waals surface area contributed by atoms with E-state index >= 15 is 0 Å². The van der Waals surface area contributed by atoms with E-state index in [0.717, 1.165) is 23.4 Å². The lowest BCUT2D eigenvalue weighted by Crippen LogP contribution is -2.48. The molecule has 6 heteroatoms. The van der Waals surface area contributed by atoms with Crippen LogP contribution >= 0.6 is 0 Å². The maximum Gasteiger partial charge on any atom is 0.254 e. The van der Waals surface area contributed by atoms with Crippen molar-refractivity contribution in [3.63, 3.8) is 0 Å². The van der Waals surface area contributed by atoms with Crippen LogP contribution in [0.4, 0.5) is 0 Å². The third-order valence-corrected chi connectivity index (χ3v) is 5.71. The lowest BCUT2D eigenvalue weighted by atomic mass is 10.0. The Bertz CT molecular complexity index is 1030. The van der Waals surface area contributed by atoms with Crippen LogP contribution in [0.3, 0.4) is 0 Å². The van der Waals surface area contributed by atoms with Gasteiger partial charge in [0.15, 0.2) is 0 Å². The number of benzene rings is 1. The molecule has 0 spiro atoms. The average molecular weight is 420 g/mol. The van der Waals surface area contributed by atoms with Gasteiger partial charge >= 0.3 is 0 Å². The van der Waals surface area contributed by atoms with Gasteiger partial charge in [0.1, 0.15) is 12.6 Å². The molecule has 1 aliphatic heterocycles. The molecule has 1 atom stereocenters. The third-order valence-electron chi connectivity index (χ3n) is 5.71. The van der Waals surface area contributed by atoms with E-state index in [1.165, 1.54) is 0 Å². The van der Waals surface area contributed by atoms with Crippen molar-refractivity contribution >= 4 is 11.8 Å². The highest BCUT2D eigenvalue weighted by Crippen LogP contribution is 2.32. The summed E-state index contributed by atoms with van der Waals surface area (Å²) in [6, 6.07) is 13.2.